The summed E-state index contributed by atoms with van der Waals surface area (Å²) < 4.78 is 6.95. The minimum absolute atomic E-state index is 0.442. The Morgan fingerprint density at radius 1 is 0.903 bits per heavy atom. The number of para-hydroxylation sites is 1. The molecule has 0 spiro atoms. The number of imidazole rings is 2. The van der Waals surface area contributed by atoms with Crippen LogP contribution in [0.15, 0.2) is 55.1 Å². The van der Waals surface area contributed by atoms with Crippen LogP contribution in [0.1, 0.15) is 67.6 Å². The van der Waals surface area contributed by atoms with Gasteiger partial charge in [-0.25, -0.2) is 9.55 Å². The third kappa shape index (κ3) is 2.96. The number of hydrogen-bond donors (Lipinski definition) is 0. The lowest BCUT2D eigenvalue weighted by Gasteiger charge is -2.19. The van der Waals surface area contributed by atoms with E-state index in [0.29, 0.717) is 11.8 Å². The molecule has 0 saturated heterocycles. The molecule has 0 unspecified atom stereocenters. The largest absolute Gasteiger partial charge is 0.302 e. The molecular weight excluding hydrogens is 380 g/mol. The first kappa shape index (κ1) is 19.8. The average molecular weight is 412 g/mol. The van der Waals surface area contributed by atoms with Gasteiger partial charge in [-0.05, 0) is 29.9 Å². The minimum Gasteiger partial charge on any atom is -0.302 e. The summed E-state index contributed by atoms with van der Waals surface area (Å²) in [7, 11) is 2.15. The van der Waals surface area contributed by atoms with Gasteiger partial charge < -0.3 is 4.57 Å². The van der Waals surface area contributed by atoms with Crippen molar-refractivity contribution in [1.82, 2.24) is 14.1 Å². The van der Waals surface area contributed by atoms with Crippen LogP contribution in [-0.4, -0.2) is 14.1 Å². The average Bonchev–Trinajstić information content (AvgIpc) is 3.42. The second-order valence-corrected chi connectivity index (χ2v) is 9.35. The highest BCUT2D eigenvalue weighted by molar-refractivity contribution is 5.76. The monoisotopic (exact) mass is 411 g/mol. The topological polar surface area (TPSA) is 26.6 Å². The van der Waals surface area contributed by atoms with E-state index in [0.717, 1.165) is 12.2 Å². The van der Waals surface area contributed by atoms with Crippen molar-refractivity contribution in [3.63, 3.8) is 0 Å². The molecule has 158 valence electrons. The van der Waals surface area contributed by atoms with Crippen molar-refractivity contribution in [3.05, 3.63) is 83.2 Å². The van der Waals surface area contributed by atoms with Gasteiger partial charge in [0.15, 0.2) is 0 Å². The van der Waals surface area contributed by atoms with Crippen molar-refractivity contribution in [2.24, 2.45) is 7.05 Å². The first-order valence-corrected chi connectivity index (χ1v) is 11.2. The number of fused-ring (bicyclic) bond motifs is 3. The number of hydrogen-bond acceptors (Lipinski definition) is 1. The summed E-state index contributed by atoms with van der Waals surface area (Å²) in [6.07, 6.45) is 9.30. The fourth-order valence-electron chi connectivity index (χ4n) is 5.02. The molecule has 0 fully saturated rings. The zero-order valence-corrected chi connectivity index (χ0v) is 19.3. The number of aromatic nitrogens is 4. The van der Waals surface area contributed by atoms with Crippen LogP contribution < -0.4 is 4.57 Å². The van der Waals surface area contributed by atoms with Gasteiger partial charge in [-0.15, -0.1) is 0 Å². The molecule has 0 radical (unpaired) electrons. The Hall–Kier alpha value is -3.14. The van der Waals surface area contributed by atoms with Crippen molar-refractivity contribution in [2.75, 3.05) is 0 Å². The lowest BCUT2D eigenvalue weighted by molar-refractivity contribution is -0.659. The molecule has 1 aliphatic heterocycles. The predicted octanol–water partition coefficient (Wildman–Crippen LogP) is 5.61. The molecule has 5 rings (SSSR count). The van der Waals surface area contributed by atoms with E-state index in [-0.39, 0.29) is 0 Å². The second-order valence-electron chi connectivity index (χ2n) is 9.35. The summed E-state index contributed by atoms with van der Waals surface area (Å²) in [6, 6.07) is 11.3. The number of nitrogens with zero attached hydrogens (tertiary/aromatic N) is 4. The van der Waals surface area contributed by atoms with Crippen LogP contribution in [0.25, 0.3) is 22.8 Å². The Morgan fingerprint density at radius 3 is 2.29 bits per heavy atom. The van der Waals surface area contributed by atoms with Crippen LogP contribution in [-0.2, 0) is 13.5 Å². The first-order chi connectivity index (χ1) is 14.9. The van der Waals surface area contributed by atoms with Gasteiger partial charge in [0, 0.05) is 29.9 Å². The van der Waals surface area contributed by atoms with Crippen molar-refractivity contribution < 1.29 is 4.57 Å². The van der Waals surface area contributed by atoms with Crippen LogP contribution in [0.5, 0.6) is 0 Å². The Morgan fingerprint density at radius 2 is 1.61 bits per heavy atom. The van der Waals surface area contributed by atoms with E-state index in [2.05, 4.69) is 109 Å². The van der Waals surface area contributed by atoms with Crippen LogP contribution in [0.2, 0.25) is 0 Å². The molecule has 0 amide bonds. The number of rotatable bonds is 4. The van der Waals surface area contributed by atoms with Gasteiger partial charge >= 0.3 is 0 Å². The van der Waals surface area contributed by atoms with Crippen molar-refractivity contribution in [1.29, 1.82) is 0 Å². The minimum atomic E-state index is 0.442. The van der Waals surface area contributed by atoms with E-state index in [4.69, 9.17) is 0 Å². The molecule has 4 heteroatoms. The molecule has 0 N–H and O–H groups in total. The zero-order chi connectivity index (χ0) is 21.9. The van der Waals surface area contributed by atoms with Gasteiger partial charge in [-0.2, -0.15) is 4.57 Å². The Balaban J connectivity index is 1.85. The van der Waals surface area contributed by atoms with Crippen LogP contribution in [0.3, 0.4) is 0 Å². The van der Waals surface area contributed by atoms with Gasteiger partial charge in [-0.3, -0.25) is 0 Å². The van der Waals surface area contributed by atoms with E-state index in [9.17, 15) is 0 Å². The predicted molar refractivity (Wildman–Crippen MR) is 125 cm³/mol. The van der Waals surface area contributed by atoms with Crippen LogP contribution >= 0.6 is 0 Å². The van der Waals surface area contributed by atoms with Crippen molar-refractivity contribution >= 4 is 0 Å². The zero-order valence-electron chi connectivity index (χ0n) is 19.3. The summed E-state index contributed by atoms with van der Waals surface area (Å²) in [6.45, 7) is 11.4. The molecule has 0 aliphatic carbocycles. The quantitative estimate of drug-likeness (QED) is 0.353. The van der Waals surface area contributed by atoms with Gasteiger partial charge in [0.05, 0.1) is 18.3 Å². The summed E-state index contributed by atoms with van der Waals surface area (Å²) >= 11 is 0. The van der Waals surface area contributed by atoms with Crippen LogP contribution in [0, 0.1) is 6.92 Å². The van der Waals surface area contributed by atoms with Gasteiger partial charge in [0.25, 0.3) is 5.82 Å². The molecule has 2 aromatic heterocycles. The van der Waals surface area contributed by atoms with E-state index >= 15 is 0 Å². The normalized spacial score (nSPS) is 12.6. The van der Waals surface area contributed by atoms with Gasteiger partial charge in [0.1, 0.15) is 23.9 Å². The fraction of sp³-hybridized carbons (Fsp3) is 0.333. The van der Waals surface area contributed by atoms with E-state index in [1.165, 1.54) is 45.0 Å². The Labute approximate surface area is 184 Å². The van der Waals surface area contributed by atoms with Gasteiger partial charge in [-0.1, -0.05) is 58.0 Å². The molecule has 31 heavy (non-hydrogen) atoms. The highest BCUT2D eigenvalue weighted by Gasteiger charge is 2.32. The lowest BCUT2D eigenvalue weighted by atomic mass is 9.92. The third-order valence-electron chi connectivity index (χ3n) is 6.59. The number of benzene rings is 2. The third-order valence-corrected chi connectivity index (χ3v) is 6.59. The first-order valence-electron chi connectivity index (χ1n) is 11.2. The van der Waals surface area contributed by atoms with E-state index in [1.54, 1.807) is 0 Å². The maximum Gasteiger partial charge on any atom is 0.296 e. The maximum absolute atomic E-state index is 4.59. The van der Waals surface area contributed by atoms with Gasteiger partial charge in [0.2, 0.25) is 0 Å². The fourth-order valence-corrected chi connectivity index (χ4v) is 5.02. The van der Waals surface area contributed by atoms with E-state index < -0.39 is 0 Å². The molecule has 4 aromatic rings. The van der Waals surface area contributed by atoms with E-state index in [1.807, 2.05) is 6.20 Å². The molecule has 2 aromatic carbocycles. The highest BCUT2D eigenvalue weighted by atomic mass is 15.2. The molecule has 0 saturated carbocycles. The maximum atomic E-state index is 4.59. The standard InChI is InChI=1S/C27H31N4/c1-17(2)21-8-7-9-22(18(3)4)26(21)31-15-14-29(6)27(31)24-19(5)10-11-20-16-23-28-12-13-30(23)25(20)24/h7-15,17-18H,16H2,1-6H3/q+1. The molecule has 1 aliphatic rings. The Bertz CT molecular complexity index is 1260. The highest BCUT2D eigenvalue weighted by Crippen LogP contribution is 2.39. The lowest BCUT2D eigenvalue weighted by Crippen LogP contribution is -2.30. The molecule has 0 bridgehead atoms. The molecular formula is C27H31N4+. The molecule has 0 atom stereocenters. The summed E-state index contributed by atoms with van der Waals surface area (Å²) in [4.78, 5) is 4.59. The summed E-state index contributed by atoms with van der Waals surface area (Å²) in [5.41, 5.74) is 9.28. The summed E-state index contributed by atoms with van der Waals surface area (Å²) in [5, 5.41) is 0. The molecule has 4 nitrogen and oxygen atoms in total. The smallest absolute Gasteiger partial charge is 0.296 e. The van der Waals surface area contributed by atoms with Crippen LogP contribution in [0.4, 0.5) is 0 Å². The van der Waals surface area contributed by atoms with Crippen molar-refractivity contribution in [2.45, 2.75) is 52.9 Å². The Kier molecular flexibility index (Phi) is 4.62. The molecule has 3 heterocycles. The SMILES string of the molecule is Cc1ccc2c(c1-c1n(-c3c(C(C)C)cccc3C(C)C)cc[n+]1C)-n1ccnc1C2. The number of aryl methyl sites for hydroxylation is 2. The second kappa shape index (κ2) is 7.23. The summed E-state index contributed by atoms with van der Waals surface area (Å²) in [5.74, 6) is 3.22. The van der Waals surface area contributed by atoms with Crippen molar-refractivity contribution in [3.8, 4) is 22.8 Å².